The SMILES string of the molecule is c1ccc(C2CC(C3CCCN3)NN2)cc1. The zero-order chi connectivity index (χ0) is 10.8. The van der Waals surface area contributed by atoms with Gasteiger partial charge in [-0.05, 0) is 31.4 Å². The highest BCUT2D eigenvalue weighted by Gasteiger charge is 2.32. The molecule has 2 aliphatic rings. The second-order valence-electron chi connectivity index (χ2n) is 4.80. The highest BCUT2D eigenvalue weighted by Crippen LogP contribution is 2.25. The summed E-state index contributed by atoms with van der Waals surface area (Å²) in [7, 11) is 0. The molecular formula is C13H19N3. The van der Waals surface area contributed by atoms with E-state index in [1.54, 1.807) is 0 Å². The molecule has 0 aliphatic carbocycles. The van der Waals surface area contributed by atoms with Crippen LogP contribution in [0.15, 0.2) is 30.3 Å². The fourth-order valence-electron chi connectivity index (χ4n) is 2.80. The van der Waals surface area contributed by atoms with Crippen molar-refractivity contribution in [1.82, 2.24) is 16.2 Å². The first kappa shape index (κ1) is 10.3. The molecule has 3 nitrogen and oxygen atoms in total. The lowest BCUT2D eigenvalue weighted by atomic mass is 9.97. The summed E-state index contributed by atoms with van der Waals surface area (Å²) in [5, 5.41) is 3.57. The summed E-state index contributed by atoms with van der Waals surface area (Å²) in [6.45, 7) is 1.18. The second kappa shape index (κ2) is 4.53. The number of nitrogens with one attached hydrogen (secondary N) is 3. The van der Waals surface area contributed by atoms with Crippen molar-refractivity contribution in [2.45, 2.75) is 37.4 Å². The zero-order valence-corrected chi connectivity index (χ0v) is 9.45. The zero-order valence-electron chi connectivity index (χ0n) is 9.45. The van der Waals surface area contributed by atoms with E-state index in [0.29, 0.717) is 18.1 Å². The summed E-state index contributed by atoms with van der Waals surface area (Å²) in [4.78, 5) is 0. The molecule has 0 amide bonds. The number of hydrogen-bond acceptors (Lipinski definition) is 3. The van der Waals surface area contributed by atoms with Crippen LogP contribution >= 0.6 is 0 Å². The van der Waals surface area contributed by atoms with Crippen LogP contribution in [-0.2, 0) is 0 Å². The number of hydrogen-bond donors (Lipinski definition) is 3. The van der Waals surface area contributed by atoms with Crippen molar-refractivity contribution in [3.8, 4) is 0 Å². The molecule has 3 unspecified atom stereocenters. The van der Waals surface area contributed by atoms with E-state index in [9.17, 15) is 0 Å². The average Bonchev–Trinajstić information content (AvgIpc) is 3.01. The van der Waals surface area contributed by atoms with Crippen molar-refractivity contribution in [1.29, 1.82) is 0 Å². The van der Waals surface area contributed by atoms with E-state index in [-0.39, 0.29) is 0 Å². The van der Waals surface area contributed by atoms with Crippen LogP contribution in [0.5, 0.6) is 0 Å². The molecule has 2 heterocycles. The van der Waals surface area contributed by atoms with Gasteiger partial charge in [-0.2, -0.15) is 0 Å². The fraction of sp³-hybridized carbons (Fsp3) is 0.538. The van der Waals surface area contributed by atoms with Gasteiger partial charge in [0.25, 0.3) is 0 Å². The van der Waals surface area contributed by atoms with Crippen LogP contribution in [0.3, 0.4) is 0 Å². The van der Waals surface area contributed by atoms with Gasteiger partial charge in [-0.25, -0.2) is 5.43 Å². The highest BCUT2D eigenvalue weighted by molar-refractivity contribution is 5.20. The quantitative estimate of drug-likeness (QED) is 0.700. The third kappa shape index (κ3) is 1.98. The molecule has 0 saturated carbocycles. The van der Waals surface area contributed by atoms with E-state index in [2.05, 4.69) is 46.5 Å². The minimum atomic E-state index is 0.466. The maximum Gasteiger partial charge on any atom is 0.0478 e. The molecule has 0 bridgehead atoms. The molecule has 1 aromatic rings. The Balaban J connectivity index is 1.64. The average molecular weight is 217 g/mol. The van der Waals surface area contributed by atoms with Gasteiger partial charge in [0.2, 0.25) is 0 Å². The van der Waals surface area contributed by atoms with Crippen LogP contribution in [0.4, 0.5) is 0 Å². The molecule has 16 heavy (non-hydrogen) atoms. The van der Waals surface area contributed by atoms with E-state index in [4.69, 9.17) is 0 Å². The third-order valence-corrected chi connectivity index (χ3v) is 3.72. The molecule has 1 aromatic carbocycles. The lowest BCUT2D eigenvalue weighted by Gasteiger charge is -2.17. The molecule has 86 valence electrons. The van der Waals surface area contributed by atoms with Gasteiger partial charge in [0.15, 0.2) is 0 Å². The maximum atomic E-state index is 3.57. The Labute approximate surface area is 96.6 Å². The first-order valence-corrected chi connectivity index (χ1v) is 6.23. The molecule has 3 heteroatoms. The van der Waals surface area contributed by atoms with E-state index in [0.717, 1.165) is 0 Å². The molecule has 2 aliphatic heterocycles. The Morgan fingerprint density at radius 1 is 1.00 bits per heavy atom. The number of rotatable bonds is 2. The van der Waals surface area contributed by atoms with Crippen LogP contribution < -0.4 is 16.2 Å². The Hall–Kier alpha value is -0.900. The first-order chi connectivity index (χ1) is 7.93. The van der Waals surface area contributed by atoms with Gasteiger partial charge in [-0.1, -0.05) is 30.3 Å². The first-order valence-electron chi connectivity index (χ1n) is 6.23. The standard InChI is InChI=1S/C13H19N3/c1-2-5-10(6-3-1)12-9-13(16-15-12)11-7-4-8-14-11/h1-3,5-6,11-16H,4,7-9H2. The summed E-state index contributed by atoms with van der Waals surface area (Å²) in [5.74, 6) is 0. The topological polar surface area (TPSA) is 36.1 Å². The Morgan fingerprint density at radius 2 is 1.88 bits per heavy atom. The summed E-state index contributed by atoms with van der Waals surface area (Å²) in [6.07, 6.45) is 3.81. The maximum absolute atomic E-state index is 3.57. The molecule has 2 saturated heterocycles. The monoisotopic (exact) mass is 217 g/mol. The van der Waals surface area contributed by atoms with Crippen LogP contribution in [0.2, 0.25) is 0 Å². The van der Waals surface area contributed by atoms with Gasteiger partial charge >= 0.3 is 0 Å². The minimum absolute atomic E-state index is 0.466. The molecule has 3 rings (SSSR count). The summed E-state index contributed by atoms with van der Waals surface area (Å²) < 4.78 is 0. The largest absolute Gasteiger partial charge is 0.312 e. The summed E-state index contributed by atoms with van der Waals surface area (Å²) in [5.41, 5.74) is 8.23. The number of hydrazine groups is 1. The molecular weight excluding hydrogens is 198 g/mol. The lowest BCUT2D eigenvalue weighted by Crippen LogP contribution is -2.43. The van der Waals surface area contributed by atoms with Crippen LogP contribution in [0.25, 0.3) is 0 Å². The van der Waals surface area contributed by atoms with Crippen molar-refractivity contribution in [2.24, 2.45) is 0 Å². The Kier molecular flexibility index (Phi) is 2.91. The lowest BCUT2D eigenvalue weighted by molar-refractivity contribution is 0.430. The van der Waals surface area contributed by atoms with Crippen LogP contribution in [0.1, 0.15) is 30.9 Å². The predicted octanol–water partition coefficient (Wildman–Crippen LogP) is 1.35. The van der Waals surface area contributed by atoms with Gasteiger partial charge in [0.05, 0.1) is 0 Å². The van der Waals surface area contributed by atoms with E-state index in [1.165, 1.54) is 31.4 Å². The van der Waals surface area contributed by atoms with Crippen molar-refractivity contribution >= 4 is 0 Å². The van der Waals surface area contributed by atoms with Gasteiger partial charge in [-0.15, -0.1) is 0 Å². The second-order valence-corrected chi connectivity index (χ2v) is 4.80. The summed E-state index contributed by atoms with van der Waals surface area (Å²) >= 11 is 0. The molecule has 0 radical (unpaired) electrons. The van der Waals surface area contributed by atoms with E-state index >= 15 is 0 Å². The normalized spacial score (nSPS) is 34.4. The molecule has 3 atom stereocenters. The molecule has 0 spiro atoms. The van der Waals surface area contributed by atoms with Gasteiger partial charge in [0.1, 0.15) is 0 Å². The van der Waals surface area contributed by atoms with Gasteiger partial charge in [-0.3, -0.25) is 5.43 Å². The molecule has 2 fully saturated rings. The van der Waals surface area contributed by atoms with Crippen molar-refractivity contribution in [3.63, 3.8) is 0 Å². The van der Waals surface area contributed by atoms with Gasteiger partial charge in [0, 0.05) is 18.1 Å². The van der Waals surface area contributed by atoms with E-state index < -0.39 is 0 Å². The van der Waals surface area contributed by atoms with Crippen molar-refractivity contribution in [2.75, 3.05) is 6.54 Å². The van der Waals surface area contributed by atoms with Crippen molar-refractivity contribution in [3.05, 3.63) is 35.9 Å². The van der Waals surface area contributed by atoms with Crippen LogP contribution in [-0.4, -0.2) is 18.6 Å². The number of benzene rings is 1. The fourth-order valence-corrected chi connectivity index (χ4v) is 2.80. The van der Waals surface area contributed by atoms with Gasteiger partial charge < -0.3 is 5.32 Å². The highest BCUT2D eigenvalue weighted by atomic mass is 15.4. The molecule has 0 aromatic heterocycles. The third-order valence-electron chi connectivity index (χ3n) is 3.72. The minimum Gasteiger partial charge on any atom is -0.312 e. The Morgan fingerprint density at radius 3 is 2.62 bits per heavy atom. The predicted molar refractivity (Wildman–Crippen MR) is 64.9 cm³/mol. The Bertz CT molecular complexity index is 332. The molecule has 3 N–H and O–H groups in total. The smallest absolute Gasteiger partial charge is 0.0478 e. The van der Waals surface area contributed by atoms with Crippen LogP contribution in [0, 0.1) is 0 Å². The van der Waals surface area contributed by atoms with Crippen molar-refractivity contribution < 1.29 is 0 Å². The summed E-state index contributed by atoms with van der Waals surface area (Å²) in [6, 6.07) is 12.4. The van der Waals surface area contributed by atoms with E-state index in [1.807, 2.05) is 0 Å².